The first-order valence-electron chi connectivity index (χ1n) is 4.38. The molecule has 11 heavy (non-hydrogen) atoms. The van der Waals surface area contributed by atoms with Gasteiger partial charge in [0, 0.05) is 6.04 Å². The summed E-state index contributed by atoms with van der Waals surface area (Å²) >= 11 is 0. The Bertz CT molecular complexity index is 156. The maximum absolute atomic E-state index is 5.67. The Hall–Kier alpha value is -0.560. The van der Waals surface area contributed by atoms with E-state index in [1.54, 1.807) is 0 Å². The summed E-state index contributed by atoms with van der Waals surface area (Å²) in [6.45, 7) is 2.07. The number of nitrogens with two attached hydrogens (primary N) is 1. The molecular formula is C10H17N. The van der Waals surface area contributed by atoms with E-state index in [-0.39, 0.29) is 0 Å². The van der Waals surface area contributed by atoms with Crippen molar-refractivity contribution in [1.29, 1.82) is 0 Å². The maximum atomic E-state index is 5.67. The van der Waals surface area contributed by atoms with Crippen molar-refractivity contribution in [2.24, 2.45) is 11.7 Å². The molecule has 1 nitrogen and oxygen atoms in total. The molecule has 0 aromatic heterocycles. The van der Waals surface area contributed by atoms with Crippen molar-refractivity contribution in [2.45, 2.75) is 32.2 Å². The van der Waals surface area contributed by atoms with Crippen molar-refractivity contribution in [1.82, 2.24) is 0 Å². The predicted octanol–water partition coefficient (Wildman–Crippen LogP) is 2.25. The Morgan fingerprint density at radius 2 is 2.36 bits per heavy atom. The summed E-state index contributed by atoms with van der Waals surface area (Å²) in [6, 6.07) is 0.356. The molecule has 2 atom stereocenters. The molecule has 2 unspecified atom stereocenters. The van der Waals surface area contributed by atoms with Crippen molar-refractivity contribution >= 4 is 0 Å². The highest BCUT2D eigenvalue weighted by atomic mass is 14.6. The number of rotatable bonds is 3. The van der Waals surface area contributed by atoms with Gasteiger partial charge in [-0.3, -0.25) is 0 Å². The highest BCUT2D eigenvalue weighted by Gasteiger charge is 2.05. The number of hydrogen-bond acceptors (Lipinski definition) is 1. The minimum atomic E-state index is 0.356. The van der Waals surface area contributed by atoms with E-state index in [0.29, 0.717) is 6.04 Å². The number of hydrogen-bond donors (Lipinski definition) is 1. The molecule has 0 radical (unpaired) electrons. The van der Waals surface area contributed by atoms with Crippen LogP contribution in [0.2, 0.25) is 0 Å². The normalized spacial score (nSPS) is 25.5. The second-order valence-electron chi connectivity index (χ2n) is 3.36. The van der Waals surface area contributed by atoms with E-state index in [2.05, 4.69) is 31.2 Å². The summed E-state index contributed by atoms with van der Waals surface area (Å²) < 4.78 is 0. The second-order valence-corrected chi connectivity index (χ2v) is 3.36. The summed E-state index contributed by atoms with van der Waals surface area (Å²) in [5, 5.41) is 0. The third kappa shape index (κ3) is 3.38. The predicted molar refractivity (Wildman–Crippen MR) is 49.3 cm³/mol. The third-order valence-electron chi connectivity index (χ3n) is 2.06. The Balaban J connectivity index is 2.17. The van der Waals surface area contributed by atoms with Crippen LogP contribution in [-0.4, -0.2) is 6.04 Å². The van der Waals surface area contributed by atoms with Crippen LogP contribution in [0, 0.1) is 5.92 Å². The van der Waals surface area contributed by atoms with Crippen LogP contribution in [0.1, 0.15) is 26.2 Å². The molecule has 1 heteroatoms. The van der Waals surface area contributed by atoms with Gasteiger partial charge in [-0.2, -0.15) is 0 Å². The van der Waals surface area contributed by atoms with Crippen LogP contribution in [0.3, 0.4) is 0 Å². The molecule has 0 spiro atoms. The van der Waals surface area contributed by atoms with Gasteiger partial charge in [0.05, 0.1) is 0 Å². The van der Waals surface area contributed by atoms with Crippen LogP contribution >= 0.6 is 0 Å². The molecule has 0 bridgehead atoms. The van der Waals surface area contributed by atoms with E-state index in [1.165, 1.54) is 12.8 Å². The molecule has 0 heterocycles. The Kier molecular flexibility index (Phi) is 3.37. The standard InChI is InChI=1S/C10H17N/c1-9(11)7-8-10-5-3-2-4-6-10/h2-5,9-10H,6-8,11H2,1H3. The molecule has 0 saturated carbocycles. The molecule has 62 valence electrons. The molecule has 1 aliphatic carbocycles. The Labute approximate surface area is 69.0 Å². The van der Waals surface area contributed by atoms with E-state index in [1.807, 2.05) is 0 Å². The lowest BCUT2D eigenvalue weighted by atomic mass is 9.94. The molecular weight excluding hydrogens is 134 g/mol. The van der Waals surface area contributed by atoms with Crippen molar-refractivity contribution in [3.05, 3.63) is 24.3 Å². The van der Waals surface area contributed by atoms with Crippen LogP contribution in [0.4, 0.5) is 0 Å². The van der Waals surface area contributed by atoms with Crippen molar-refractivity contribution in [2.75, 3.05) is 0 Å². The van der Waals surface area contributed by atoms with Gasteiger partial charge in [0.25, 0.3) is 0 Å². The van der Waals surface area contributed by atoms with E-state index in [9.17, 15) is 0 Å². The van der Waals surface area contributed by atoms with Crippen LogP contribution in [0.25, 0.3) is 0 Å². The summed E-state index contributed by atoms with van der Waals surface area (Å²) in [5.41, 5.74) is 5.67. The van der Waals surface area contributed by atoms with Crippen LogP contribution in [0.5, 0.6) is 0 Å². The van der Waals surface area contributed by atoms with Crippen molar-refractivity contribution in [3.63, 3.8) is 0 Å². The maximum Gasteiger partial charge on any atom is 0.00106 e. The Morgan fingerprint density at radius 3 is 2.91 bits per heavy atom. The minimum absolute atomic E-state index is 0.356. The molecule has 0 saturated heterocycles. The number of allylic oxidation sites excluding steroid dienone is 4. The molecule has 0 fully saturated rings. The minimum Gasteiger partial charge on any atom is -0.328 e. The average molecular weight is 151 g/mol. The molecule has 1 aliphatic rings. The van der Waals surface area contributed by atoms with Crippen LogP contribution < -0.4 is 5.73 Å². The quantitative estimate of drug-likeness (QED) is 0.657. The van der Waals surface area contributed by atoms with Gasteiger partial charge in [-0.05, 0) is 32.1 Å². The summed E-state index contributed by atoms with van der Waals surface area (Å²) in [6.07, 6.45) is 12.3. The SMILES string of the molecule is CC(N)CCC1C=CC=CC1. The Morgan fingerprint density at radius 1 is 1.55 bits per heavy atom. The molecule has 0 aromatic rings. The first-order chi connectivity index (χ1) is 5.29. The zero-order valence-electron chi connectivity index (χ0n) is 7.16. The van der Waals surface area contributed by atoms with E-state index < -0.39 is 0 Å². The zero-order valence-corrected chi connectivity index (χ0v) is 7.16. The fourth-order valence-electron chi connectivity index (χ4n) is 1.32. The van der Waals surface area contributed by atoms with Crippen molar-refractivity contribution < 1.29 is 0 Å². The second kappa shape index (κ2) is 4.35. The van der Waals surface area contributed by atoms with Crippen LogP contribution in [-0.2, 0) is 0 Å². The first-order valence-corrected chi connectivity index (χ1v) is 4.38. The first kappa shape index (κ1) is 8.54. The lowest BCUT2D eigenvalue weighted by Gasteiger charge is -2.13. The molecule has 1 rings (SSSR count). The summed E-state index contributed by atoms with van der Waals surface area (Å²) in [4.78, 5) is 0. The fourth-order valence-corrected chi connectivity index (χ4v) is 1.32. The molecule has 2 N–H and O–H groups in total. The van der Waals surface area contributed by atoms with E-state index in [0.717, 1.165) is 12.3 Å². The lowest BCUT2D eigenvalue weighted by molar-refractivity contribution is 0.521. The molecule has 0 amide bonds. The highest BCUT2D eigenvalue weighted by Crippen LogP contribution is 2.17. The van der Waals surface area contributed by atoms with Gasteiger partial charge in [-0.15, -0.1) is 0 Å². The lowest BCUT2D eigenvalue weighted by Crippen LogP contribution is -2.15. The fraction of sp³-hybridized carbons (Fsp3) is 0.600. The largest absolute Gasteiger partial charge is 0.328 e. The summed E-state index contributed by atoms with van der Waals surface area (Å²) in [5.74, 6) is 0.742. The highest BCUT2D eigenvalue weighted by molar-refractivity contribution is 5.10. The summed E-state index contributed by atoms with van der Waals surface area (Å²) in [7, 11) is 0. The van der Waals surface area contributed by atoms with Gasteiger partial charge >= 0.3 is 0 Å². The monoisotopic (exact) mass is 151 g/mol. The van der Waals surface area contributed by atoms with Crippen molar-refractivity contribution in [3.8, 4) is 0 Å². The third-order valence-corrected chi connectivity index (χ3v) is 2.06. The van der Waals surface area contributed by atoms with E-state index in [4.69, 9.17) is 5.73 Å². The van der Waals surface area contributed by atoms with Gasteiger partial charge in [0.1, 0.15) is 0 Å². The van der Waals surface area contributed by atoms with Gasteiger partial charge < -0.3 is 5.73 Å². The van der Waals surface area contributed by atoms with E-state index >= 15 is 0 Å². The van der Waals surface area contributed by atoms with Gasteiger partial charge in [-0.25, -0.2) is 0 Å². The zero-order chi connectivity index (χ0) is 8.10. The smallest absolute Gasteiger partial charge is 0.00106 e. The van der Waals surface area contributed by atoms with Crippen LogP contribution in [0.15, 0.2) is 24.3 Å². The molecule has 0 aliphatic heterocycles. The average Bonchev–Trinajstić information content (AvgIpc) is 2.03. The topological polar surface area (TPSA) is 26.0 Å². The van der Waals surface area contributed by atoms with Gasteiger partial charge in [0.2, 0.25) is 0 Å². The van der Waals surface area contributed by atoms with Gasteiger partial charge in [-0.1, -0.05) is 24.3 Å². The van der Waals surface area contributed by atoms with Gasteiger partial charge in [0.15, 0.2) is 0 Å². The molecule has 0 aromatic carbocycles.